The average molecular weight is 551 g/mol. The number of nitrogens with zero attached hydrogens (tertiary/aromatic N) is 2. The Morgan fingerprint density at radius 2 is 1.90 bits per heavy atom. The van der Waals surface area contributed by atoms with Crippen LogP contribution in [0.4, 0.5) is 21.0 Å². The number of aromatic nitrogens is 3. The van der Waals surface area contributed by atoms with Gasteiger partial charge in [0, 0.05) is 53.6 Å². The zero-order valence-corrected chi connectivity index (χ0v) is 22.0. The van der Waals surface area contributed by atoms with Crippen molar-refractivity contribution < 1.29 is 32.5 Å². The maximum absolute atomic E-state index is 14.2. The SMILES string of the molecule is COCNC(=O)Oc1[nH]c2ccc(F)cc2c1Cc1cc2c(Cc3cnc(N)nc3N)cc(OC)c(OC)c2o1. The summed E-state index contributed by atoms with van der Waals surface area (Å²) in [6.07, 6.45) is 1.34. The number of halogens is 1. The number of fused-ring (bicyclic) bond motifs is 2. The highest BCUT2D eigenvalue weighted by Crippen LogP contribution is 2.42. The predicted molar refractivity (Wildman–Crippen MR) is 145 cm³/mol. The first-order valence-electron chi connectivity index (χ1n) is 12.1. The Labute approximate surface area is 227 Å². The van der Waals surface area contributed by atoms with Gasteiger partial charge in [-0.25, -0.2) is 14.2 Å². The van der Waals surface area contributed by atoms with E-state index in [0.29, 0.717) is 51.3 Å². The van der Waals surface area contributed by atoms with E-state index in [1.807, 2.05) is 12.1 Å². The molecule has 5 rings (SSSR count). The second-order valence-electron chi connectivity index (χ2n) is 8.84. The van der Waals surface area contributed by atoms with Crippen LogP contribution in [-0.4, -0.2) is 49.1 Å². The van der Waals surface area contributed by atoms with Crippen LogP contribution in [0.1, 0.15) is 22.5 Å². The average Bonchev–Trinajstić information content (AvgIpc) is 3.50. The molecule has 0 aliphatic heterocycles. The van der Waals surface area contributed by atoms with E-state index in [4.69, 9.17) is 34.8 Å². The van der Waals surface area contributed by atoms with Gasteiger partial charge >= 0.3 is 6.09 Å². The number of aromatic amines is 1. The lowest BCUT2D eigenvalue weighted by atomic mass is 10.0. The number of methoxy groups -OCH3 is 3. The topological polar surface area (TPSA) is 173 Å². The van der Waals surface area contributed by atoms with Gasteiger partial charge < -0.3 is 39.8 Å². The van der Waals surface area contributed by atoms with Gasteiger partial charge in [-0.2, -0.15) is 4.98 Å². The minimum atomic E-state index is -0.739. The van der Waals surface area contributed by atoms with Gasteiger partial charge in [0.25, 0.3) is 0 Å². The van der Waals surface area contributed by atoms with Crippen molar-refractivity contribution in [1.29, 1.82) is 0 Å². The fraction of sp³-hybridized carbons (Fsp3) is 0.222. The molecule has 0 saturated carbocycles. The maximum Gasteiger partial charge on any atom is 0.415 e. The summed E-state index contributed by atoms with van der Waals surface area (Å²) in [4.78, 5) is 23.4. The molecule has 6 N–H and O–H groups in total. The summed E-state index contributed by atoms with van der Waals surface area (Å²) in [5.41, 5.74) is 14.8. The van der Waals surface area contributed by atoms with Gasteiger partial charge in [0.15, 0.2) is 11.3 Å². The molecule has 0 aliphatic rings. The van der Waals surface area contributed by atoms with Crippen LogP contribution in [0.2, 0.25) is 0 Å². The van der Waals surface area contributed by atoms with E-state index in [9.17, 15) is 9.18 Å². The third kappa shape index (κ3) is 5.14. The summed E-state index contributed by atoms with van der Waals surface area (Å²) in [5, 5.41) is 3.72. The van der Waals surface area contributed by atoms with Crippen molar-refractivity contribution in [3.63, 3.8) is 0 Å². The minimum absolute atomic E-state index is 0.0411. The first-order valence-corrected chi connectivity index (χ1v) is 12.1. The highest BCUT2D eigenvalue weighted by Gasteiger charge is 2.23. The van der Waals surface area contributed by atoms with Crippen LogP contribution in [-0.2, 0) is 17.6 Å². The summed E-state index contributed by atoms with van der Waals surface area (Å²) >= 11 is 0. The highest BCUT2D eigenvalue weighted by molar-refractivity contribution is 5.91. The van der Waals surface area contributed by atoms with Crippen LogP contribution < -0.4 is 31.0 Å². The largest absolute Gasteiger partial charge is 0.493 e. The monoisotopic (exact) mass is 550 g/mol. The number of nitrogen functional groups attached to an aromatic ring is 2. The van der Waals surface area contributed by atoms with Crippen molar-refractivity contribution in [3.05, 3.63) is 64.8 Å². The van der Waals surface area contributed by atoms with E-state index in [-0.39, 0.29) is 30.8 Å². The third-order valence-electron chi connectivity index (χ3n) is 6.32. The molecule has 0 aliphatic carbocycles. The molecule has 12 nitrogen and oxygen atoms in total. The van der Waals surface area contributed by atoms with Gasteiger partial charge in [-0.05, 0) is 35.9 Å². The van der Waals surface area contributed by atoms with Crippen molar-refractivity contribution in [2.45, 2.75) is 12.8 Å². The fourth-order valence-electron chi connectivity index (χ4n) is 4.51. The lowest BCUT2D eigenvalue weighted by Crippen LogP contribution is -2.28. The molecular weight excluding hydrogens is 523 g/mol. The van der Waals surface area contributed by atoms with E-state index >= 15 is 0 Å². The molecule has 3 heterocycles. The molecule has 0 radical (unpaired) electrons. The Balaban J connectivity index is 1.60. The minimum Gasteiger partial charge on any atom is -0.493 e. The van der Waals surface area contributed by atoms with Gasteiger partial charge in [0.05, 0.1) is 14.2 Å². The fourth-order valence-corrected chi connectivity index (χ4v) is 4.51. The van der Waals surface area contributed by atoms with E-state index in [1.54, 1.807) is 12.3 Å². The molecule has 3 aromatic heterocycles. The quantitative estimate of drug-likeness (QED) is 0.197. The Hall–Kier alpha value is -5.04. The standard InChI is InChI=1S/C27H27FN6O6/c1-36-12-32-27(35)40-25-19(18-8-15(28)4-5-20(18)33-25)10-16-9-17-13(6-14-11-31-26(30)34-24(14)29)7-21(37-2)23(38-3)22(17)39-16/h4-5,7-9,11,33H,6,10,12H2,1-3H3,(H,32,35)(H4,29,30,31,34). The van der Waals surface area contributed by atoms with Crippen LogP contribution in [0, 0.1) is 5.82 Å². The number of nitrogens with two attached hydrogens (primary N) is 2. The number of rotatable bonds is 9. The van der Waals surface area contributed by atoms with Crippen molar-refractivity contribution in [2.75, 3.05) is 39.5 Å². The number of H-pyrrole nitrogens is 1. The van der Waals surface area contributed by atoms with Crippen LogP contribution >= 0.6 is 0 Å². The lowest BCUT2D eigenvalue weighted by Gasteiger charge is -2.12. The van der Waals surface area contributed by atoms with Crippen LogP contribution in [0.15, 0.2) is 40.9 Å². The number of hydrogen-bond donors (Lipinski definition) is 4. The van der Waals surface area contributed by atoms with Crippen LogP contribution in [0.5, 0.6) is 17.4 Å². The highest BCUT2D eigenvalue weighted by atomic mass is 19.1. The molecule has 0 unspecified atom stereocenters. The van der Waals surface area contributed by atoms with E-state index in [1.165, 1.54) is 33.5 Å². The van der Waals surface area contributed by atoms with Gasteiger partial charge in [-0.1, -0.05) is 0 Å². The molecule has 208 valence electrons. The summed E-state index contributed by atoms with van der Waals surface area (Å²) in [6, 6.07) is 7.91. The van der Waals surface area contributed by atoms with Crippen molar-refractivity contribution in [3.8, 4) is 17.4 Å². The third-order valence-corrected chi connectivity index (χ3v) is 6.32. The number of anilines is 2. The molecule has 13 heteroatoms. The Morgan fingerprint density at radius 3 is 2.62 bits per heavy atom. The van der Waals surface area contributed by atoms with E-state index in [2.05, 4.69) is 20.3 Å². The second kappa shape index (κ2) is 11.0. The van der Waals surface area contributed by atoms with Crippen LogP contribution in [0.3, 0.4) is 0 Å². The summed E-state index contributed by atoms with van der Waals surface area (Å²) in [6.45, 7) is -0.0411. The van der Waals surface area contributed by atoms with E-state index < -0.39 is 11.9 Å². The van der Waals surface area contributed by atoms with Crippen molar-refractivity contribution in [1.82, 2.24) is 20.3 Å². The van der Waals surface area contributed by atoms with Gasteiger partial charge in [-0.15, -0.1) is 0 Å². The van der Waals surface area contributed by atoms with Crippen LogP contribution in [0.25, 0.3) is 21.9 Å². The number of benzene rings is 2. The number of carbonyl (C=O) groups excluding carboxylic acids is 1. The number of furan rings is 1. The van der Waals surface area contributed by atoms with Gasteiger partial charge in [0.2, 0.25) is 17.6 Å². The summed E-state index contributed by atoms with van der Waals surface area (Å²) in [5.74, 6) is 1.39. The Morgan fingerprint density at radius 1 is 1.07 bits per heavy atom. The molecule has 0 saturated heterocycles. The number of carbonyl (C=O) groups is 1. The number of nitrogens with one attached hydrogen (secondary N) is 2. The Kier molecular flexibility index (Phi) is 7.29. The van der Waals surface area contributed by atoms with Gasteiger partial charge in [-0.3, -0.25) is 5.32 Å². The van der Waals surface area contributed by atoms with Crippen molar-refractivity contribution in [2.24, 2.45) is 0 Å². The normalized spacial score (nSPS) is 11.2. The molecule has 40 heavy (non-hydrogen) atoms. The molecule has 5 aromatic rings. The molecule has 0 fully saturated rings. The molecule has 0 spiro atoms. The number of amides is 1. The molecule has 0 bridgehead atoms. The molecular formula is C27H27FN6O6. The second-order valence-corrected chi connectivity index (χ2v) is 8.84. The molecule has 1 amide bonds. The lowest BCUT2D eigenvalue weighted by molar-refractivity contribution is 0.152. The predicted octanol–water partition coefficient (Wildman–Crippen LogP) is 3.90. The van der Waals surface area contributed by atoms with Gasteiger partial charge in [0.1, 0.15) is 24.1 Å². The number of ether oxygens (including phenoxy) is 4. The first kappa shape index (κ1) is 26.6. The Bertz CT molecular complexity index is 1720. The smallest absolute Gasteiger partial charge is 0.415 e. The zero-order chi connectivity index (χ0) is 28.4. The molecule has 2 aromatic carbocycles. The number of hydrogen-bond acceptors (Lipinski definition) is 10. The first-order chi connectivity index (χ1) is 19.3. The maximum atomic E-state index is 14.2. The van der Waals surface area contributed by atoms with E-state index in [0.717, 1.165) is 10.9 Å². The molecule has 0 atom stereocenters. The summed E-state index contributed by atoms with van der Waals surface area (Å²) in [7, 11) is 4.47. The zero-order valence-electron chi connectivity index (χ0n) is 22.0. The van der Waals surface area contributed by atoms with Crippen molar-refractivity contribution >= 4 is 39.7 Å². The summed E-state index contributed by atoms with van der Waals surface area (Å²) < 4.78 is 42.0.